The van der Waals surface area contributed by atoms with E-state index in [1.165, 1.54) is 0 Å². The lowest BCUT2D eigenvalue weighted by Gasteiger charge is -2.39. The molecular formula is C20H22N6O. The van der Waals surface area contributed by atoms with Crippen LogP contribution >= 0.6 is 0 Å². The van der Waals surface area contributed by atoms with E-state index in [-0.39, 0.29) is 0 Å². The fourth-order valence-corrected chi connectivity index (χ4v) is 4.79. The second-order valence-electron chi connectivity index (χ2n) is 7.53. The molecule has 2 aliphatic heterocycles. The number of carbonyl (C=O) groups is 1. The van der Waals surface area contributed by atoms with Crippen LogP contribution in [-0.4, -0.2) is 39.0 Å². The van der Waals surface area contributed by atoms with Gasteiger partial charge in [-0.05, 0) is 31.7 Å². The first kappa shape index (κ1) is 16.2. The monoisotopic (exact) mass is 362 g/mol. The van der Waals surface area contributed by atoms with Crippen LogP contribution in [0.15, 0.2) is 30.7 Å². The number of amides is 1. The predicted molar refractivity (Wildman–Crippen MR) is 103 cm³/mol. The van der Waals surface area contributed by atoms with Crippen molar-refractivity contribution in [3.05, 3.63) is 47.6 Å². The molecule has 2 aromatic rings. The van der Waals surface area contributed by atoms with Gasteiger partial charge in [0.15, 0.2) is 0 Å². The smallest absolute Gasteiger partial charge is 0.252 e. The third kappa shape index (κ3) is 2.74. The number of hydrogen-bond donors (Lipinski definition) is 2. The molecule has 2 saturated heterocycles. The van der Waals surface area contributed by atoms with Gasteiger partial charge >= 0.3 is 0 Å². The van der Waals surface area contributed by atoms with Gasteiger partial charge < -0.3 is 16.0 Å². The highest BCUT2D eigenvalue weighted by Gasteiger charge is 2.42. The molecule has 3 aliphatic rings. The zero-order valence-electron chi connectivity index (χ0n) is 15.0. The molecule has 138 valence electrons. The average molecular weight is 362 g/mol. The topological polar surface area (TPSA) is 97.0 Å². The summed E-state index contributed by atoms with van der Waals surface area (Å²) in [5.41, 5.74) is 8.93. The van der Waals surface area contributed by atoms with Gasteiger partial charge in [0.1, 0.15) is 0 Å². The first-order valence-electron chi connectivity index (χ1n) is 9.51. The van der Waals surface area contributed by atoms with E-state index < -0.39 is 5.91 Å². The van der Waals surface area contributed by atoms with Crippen molar-refractivity contribution in [2.24, 2.45) is 5.73 Å². The molecule has 0 spiro atoms. The Labute approximate surface area is 157 Å². The lowest BCUT2D eigenvalue weighted by Crippen LogP contribution is -2.48. The van der Waals surface area contributed by atoms with E-state index in [2.05, 4.69) is 31.2 Å². The van der Waals surface area contributed by atoms with Crippen LogP contribution in [0.1, 0.15) is 47.3 Å². The van der Waals surface area contributed by atoms with Crippen molar-refractivity contribution in [3.63, 3.8) is 0 Å². The van der Waals surface area contributed by atoms with Gasteiger partial charge in [0.05, 0.1) is 16.9 Å². The molecule has 3 N–H and O–H groups in total. The maximum absolute atomic E-state index is 11.9. The van der Waals surface area contributed by atoms with Crippen LogP contribution in [-0.2, 0) is 6.42 Å². The zero-order valence-corrected chi connectivity index (χ0v) is 15.0. The summed E-state index contributed by atoms with van der Waals surface area (Å²) in [4.78, 5) is 27.6. The number of nitrogens with two attached hydrogens (primary N) is 1. The average Bonchev–Trinajstić information content (AvgIpc) is 3.25. The minimum Gasteiger partial charge on any atom is -0.381 e. The maximum Gasteiger partial charge on any atom is 0.252 e. The third-order valence-corrected chi connectivity index (χ3v) is 5.92. The quantitative estimate of drug-likeness (QED) is 0.865. The first-order chi connectivity index (χ1) is 13.2. The normalized spacial score (nSPS) is 25.5. The number of fused-ring (bicyclic) bond motifs is 3. The van der Waals surface area contributed by atoms with Crippen LogP contribution in [0.2, 0.25) is 0 Å². The van der Waals surface area contributed by atoms with Crippen molar-refractivity contribution in [1.82, 2.24) is 15.0 Å². The van der Waals surface area contributed by atoms with Crippen molar-refractivity contribution in [2.45, 2.75) is 50.2 Å². The van der Waals surface area contributed by atoms with Crippen molar-refractivity contribution in [2.75, 3.05) is 10.2 Å². The van der Waals surface area contributed by atoms with E-state index in [1.807, 2.05) is 12.1 Å². The molecule has 27 heavy (non-hydrogen) atoms. The van der Waals surface area contributed by atoms with Gasteiger partial charge in [0.25, 0.3) is 5.91 Å². The predicted octanol–water partition coefficient (Wildman–Crippen LogP) is 2.15. The van der Waals surface area contributed by atoms with Gasteiger partial charge in [-0.2, -0.15) is 0 Å². The van der Waals surface area contributed by atoms with Crippen molar-refractivity contribution in [3.8, 4) is 0 Å². The lowest BCUT2D eigenvalue weighted by atomic mass is 9.96. The Balaban J connectivity index is 1.41. The van der Waals surface area contributed by atoms with Crippen LogP contribution < -0.4 is 16.0 Å². The summed E-state index contributed by atoms with van der Waals surface area (Å²) < 4.78 is 0. The second kappa shape index (κ2) is 6.33. The largest absolute Gasteiger partial charge is 0.381 e. The minimum atomic E-state index is -0.439. The Bertz CT molecular complexity index is 898. The van der Waals surface area contributed by atoms with E-state index in [1.54, 1.807) is 18.6 Å². The van der Waals surface area contributed by atoms with Crippen LogP contribution in [0.3, 0.4) is 0 Å². The lowest BCUT2D eigenvalue weighted by molar-refractivity contribution is 0.100. The third-order valence-electron chi connectivity index (χ3n) is 5.92. The SMILES string of the molecule is NC(=O)c1cnc2c(c1NC1C[C@@H]3CC[C@@H](C1)N3c1ncccn1)C=CC2. The molecule has 5 rings (SSSR count). The maximum atomic E-state index is 11.9. The number of hydrogen-bond acceptors (Lipinski definition) is 6. The van der Waals surface area contributed by atoms with Crippen LogP contribution in [0, 0.1) is 0 Å². The number of rotatable bonds is 4. The molecule has 0 unspecified atom stereocenters. The van der Waals surface area contributed by atoms with Gasteiger partial charge in [-0.25, -0.2) is 9.97 Å². The fourth-order valence-electron chi connectivity index (χ4n) is 4.79. The molecule has 7 nitrogen and oxygen atoms in total. The zero-order chi connectivity index (χ0) is 18.4. The number of pyridine rings is 1. The summed E-state index contributed by atoms with van der Waals surface area (Å²) in [7, 11) is 0. The van der Waals surface area contributed by atoms with E-state index in [0.717, 1.165) is 55.0 Å². The number of primary amides is 1. The Morgan fingerprint density at radius 1 is 1.15 bits per heavy atom. The Kier molecular flexibility index (Phi) is 3.81. The van der Waals surface area contributed by atoms with Crippen LogP contribution in [0.5, 0.6) is 0 Å². The molecule has 0 saturated carbocycles. The molecule has 1 aliphatic carbocycles. The number of aromatic nitrogens is 3. The molecule has 2 bridgehead atoms. The summed E-state index contributed by atoms with van der Waals surface area (Å²) in [6.45, 7) is 0. The molecule has 0 radical (unpaired) electrons. The van der Waals surface area contributed by atoms with Gasteiger partial charge in [0.2, 0.25) is 5.95 Å². The van der Waals surface area contributed by atoms with Gasteiger partial charge in [-0.15, -0.1) is 0 Å². The summed E-state index contributed by atoms with van der Waals surface area (Å²) >= 11 is 0. The summed E-state index contributed by atoms with van der Waals surface area (Å²) in [5, 5.41) is 3.64. The number of allylic oxidation sites excluding steroid dienone is 1. The van der Waals surface area contributed by atoms with Crippen molar-refractivity contribution < 1.29 is 4.79 Å². The van der Waals surface area contributed by atoms with Gasteiger partial charge in [0, 0.05) is 48.7 Å². The van der Waals surface area contributed by atoms with E-state index in [9.17, 15) is 4.79 Å². The van der Waals surface area contributed by atoms with E-state index in [4.69, 9.17) is 5.73 Å². The molecule has 0 aromatic carbocycles. The molecule has 1 amide bonds. The molecule has 2 fully saturated rings. The van der Waals surface area contributed by atoms with E-state index >= 15 is 0 Å². The highest BCUT2D eigenvalue weighted by molar-refractivity contribution is 6.00. The summed E-state index contributed by atoms with van der Waals surface area (Å²) in [5.74, 6) is 0.389. The fraction of sp³-hybridized carbons (Fsp3) is 0.400. The molecule has 2 atom stereocenters. The number of piperidine rings is 1. The Morgan fingerprint density at radius 2 is 1.89 bits per heavy atom. The molecule has 7 heteroatoms. The van der Waals surface area contributed by atoms with Crippen LogP contribution in [0.4, 0.5) is 11.6 Å². The highest BCUT2D eigenvalue weighted by Crippen LogP contribution is 2.40. The first-order valence-corrected chi connectivity index (χ1v) is 9.51. The molecule has 4 heterocycles. The molecular weight excluding hydrogens is 340 g/mol. The Hall–Kier alpha value is -2.96. The summed E-state index contributed by atoms with van der Waals surface area (Å²) in [6.07, 6.45) is 14.4. The van der Waals surface area contributed by atoms with Crippen molar-refractivity contribution in [1.29, 1.82) is 0 Å². The van der Waals surface area contributed by atoms with Gasteiger partial charge in [-0.1, -0.05) is 12.2 Å². The van der Waals surface area contributed by atoms with E-state index in [0.29, 0.717) is 23.7 Å². The summed E-state index contributed by atoms with van der Waals surface area (Å²) in [6, 6.07) is 2.99. The van der Waals surface area contributed by atoms with Crippen LogP contribution in [0.25, 0.3) is 6.08 Å². The number of anilines is 2. The number of nitrogens with one attached hydrogen (secondary N) is 1. The number of nitrogens with zero attached hydrogens (tertiary/aromatic N) is 4. The second-order valence-corrected chi connectivity index (χ2v) is 7.53. The Morgan fingerprint density at radius 3 is 2.59 bits per heavy atom. The van der Waals surface area contributed by atoms with Crippen molar-refractivity contribution >= 4 is 23.6 Å². The molecule has 2 aromatic heterocycles. The standard InChI is InChI=1S/C20H22N6O/c21-19(27)16-11-24-17-4-1-3-15(17)18(16)25-12-9-13-5-6-14(10-12)26(13)20-22-7-2-8-23-20/h1-3,7-8,11-14H,4-6,9-10H2,(H2,21,27)(H,24,25)/t13-,14-/m0/s1. The highest BCUT2D eigenvalue weighted by atomic mass is 16.1. The van der Waals surface area contributed by atoms with Gasteiger partial charge in [-0.3, -0.25) is 9.78 Å². The minimum absolute atomic E-state index is 0.293. The number of carbonyl (C=O) groups excluding carboxylic acids is 1.